The molecule has 2 N–H and O–H groups in total. The fourth-order valence-electron chi connectivity index (χ4n) is 2.32. The molecule has 1 aliphatic rings. The van der Waals surface area contributed by atoms with Crippen molar-refractivity contribution in [1.82, 2.24) is 15.3 Å². The Bertz CT molecular complexity index is 549. The lowest BCUT2D eigenvalue weighted by Crippen LogP contribution is -2.25. The Balaban J connectivity index is 1.80. The average Bonchev–Trinajstić information content (AvgIpc) is 2.64. The first kappa shape index (κ1) is 13.2. The SMILES string of the molecule is CC(C)NCCc1nc2cc3c(cc2[nH]1)OCCCO3. The van der Waals surface area contributed by atoms with Crippen molar-refractivity contribution in [3.05, 3.63) is 18.0 Å². The van der Waals surface area contributed by atoms with Gasteiger partial charge in [0.05, 0.1) is 24.2 Å². The predicted octanol–water partition coefficient (Wildman–Crippen LogP) is 2.26. The van der Waals surface area contributed by atoms with Gasteiger partial charge in [0.1, 0.15) is 5.82 Å². The minimum absolute atomic E-state index is 0.497. The van der Waals surface area contributed by atoms with Gasteiger partial charge in [-0.1, -0.05) is 13.8 Å². The number of nitrogens with one attached hydrogen (secondary N) is 2. The van der Waals surface area contributed by atoms with Crippen LogP contribution < -0.4 is 14.8 Å². The summed E-state index contributed by atoms with van der Waals surface area (Å²) < 4.78 is 11.4. The summed E-state index contributed by atoms with van der Waals surface area (Å²) in [5.41, 5.74) is 1.95. The molecule has 0 saturated heterocycles. The zero-order chi connectivity index (χ0) is 13.9. The van der Waals surface area contributed by atoms with Crippen LogP contribution in [0.5, 0.6) is 11.5 Å². The van der Waals surface area contributed by atoms with E-state index < -0.39 is 0 Å². The Kier molecular flexibility index (Phi) is 3.78. The third-order valence-corrected chi connectivity index (χ3v) is 3.31. The largest absolute Gasteiger partial charge is 0.489 e. The molecule has 0 amide bonds. The van der Waals surface area contributed by atoms with Gasteiger partial charge < -0.3 is 19.8 Å². The third-order valence-electron chi connectivity index (χ3n) is 3.31. The number of rotatable bonds is 4. The van der Waals surface area contributed by atoms with Crippen molar-refractivity contribution in [2.45, 2.75) is 32.7 Å². The summed E-state index contributed by atoms with van der Waals surface area (Å²) in [5, 5.41) is 3.39. The number of imidazole rings is 1. The van der Waals surface area contributed by atoms with Crippen molar-refractivity contribution in [3.8, 4) is 11.5 Å². The van der Waals surface area contributed by atoms with E-state index in [9.17, 15) is 0 Å². The first-order chi connectivity index (χ1) is 9.72. The van der Waals surface area contributed by atoms with Crippen molar-refractivity contribution < 1.29 is 9.47 Å². The van der Waals surface area contributed by atoms with Gasteiger partial charge in [-0.3, -0.25) is 0 Å². The first-order valence-electron chi connectivity index (χ1n) is 7.24. The maximum Gasteiger partial charge on any atom is 0.163 e. The molecule has 1 aromatic heterocycles. The standard InChI is InChI=1S/C15H21N3O2/c1-10(2)16-5-4-15-17-11-8-13-14(9-12(11)18-15)20-7-3-6-19-13/h8-10,16H,3-7H2,1-2H3,(H,17,18). The van der Waals surface area contributed by atoms with E-state index in [1.165, 1.54) is 0 Å². The highest BCUT2D eigenvalue weighted by Gasteiger charge is 2.13. The van der Waals surface area contributed by atoms with E-state index in [0.29, 0.717) is 19.3 Å². The number of aromatic nitrogens is 2. The number of fused-ring (bicyclic) bond motifs is 2. The van der Waals surface area contributed by atoms with Crippen LogP contribution in [0.1, 0.15) is 26.1 Å². The lowest BCUT2D eigenvalue weighted by molar-refractivity contribution is 0.297. The molecule has 2 heterocycles. The van der Waals surface area contributed by atoms with E-state index in [4.69, 9.17) is 9.47 Å². The van der Waals surface area contributed by atoms with E-state index >= 15 is 0 Å². The molecule has 0 spiro atoms. The second kappa shape index (κ2) is 5.71. The zero-order valence-corrected chi connectivity index (χ0v) is 12.0. The number of H-pyrrole nitrogens is 1. The Morgan fingerprint density at radius 1 is 1.25 bits per heavy atom. The van der Waals surface area contributed by atoms with Crippen LogP contribution in [-0.4, -0.2) is 35.8 Å². The van der Waals surface area contributed by atoms with Gasteiger partial charge in [-0.2, -0.15) is 0 Å². The lowest BCUT2D eigenvalue weighted by Gasteiger charge is -2.05. The molecule has 0 fully saturated rings. The van der Waals surface area contributed by atoms with Crippen molar-refractivity contribution in [2.75, 3.05) is 19.8 Å². The molecule has 5 nitrogen and oxygen atoms in total. The number of nitrogens with zero attached hydrogens (tertiary/aromatic N) is 1. The molecule has 1 aliphatic heterocycles. The number of hydrogen-bond acceptors (Lipinski definition) is 4. The summed E-state index contributed by atoms with van der Waals surface area (Å²) in [6, 6.07) is 4.45. The highest BCUT2D eigenvalue weighted by atomic mass is 16.5. The van der Waals surface area contributed by atoms with Crippen LogP contribution in [-0.2, 0) is 6.42 Å². The Hall–Kier alpha value is -1.75. The highest BCUT2D eigenvalue weighted by molar-refractivity contribution is 5.79. The van der Waals surface area contributed by atoms with Crippen LogP contribution in [0, 0.1) is 0 Å². The second-order valence-corrected chi connectivity index (χ2v) is 5.41. The van der Waals surface area contributed by atoms with E-state index in [1.54, 1.807) is 0 Å². The molecule has 108 valence electrons. The van der Waals surface area contributed by atoms with Gasteiger partial charge in [-0.15, -0.1) is 0 Å². The van der Waals surface area contributed by atoms with E-state index in [1.807, 2.05) is 12.1 Å². The molecule has 5 heteroatoms. The summed E-state index contributed by atoms with van der Waals surface area (Å²) in [4.78, 5) is 7.97. The van der Waals surface area contributed by atoms with Crippen molar-refractivity contribution in [2.24, 2.45) is 0 Å². The molecule has 2 aromatic rings. The van der Waals surface area contributed by atoms with Crippen LogP contribution in [0.15, 0.2) is 12.1 Å². The normalized spacial score (nSPS) is 14.8. The molecule has 0 unspecified atom stereocenters. The van der Waals surface area contributed by atoms with Gasteiger partial charge in [0.25, 0.3) is 0 Å². The zero-order valence-electron chi connectivity index (χ0n) is 12.0. The number of ether oxygens (including phenoxy) is 2. The molecule has 0 aliphatic carbocycles. The molecule has 1 aromatic carbocycles. The minimum Gasteiger partial charge on any atom is -0.489 e. The Labute approximate surface area is 118 Å². The maximum absolute atomic E-state index is 5.69. The minimum atomic E-state index is 0.497. The van der Waals surface area contributed by atoms with E-state index in [0.717, 1.165) is 47.7 Å². The lowest BCUT2D eigenvalue weighted by atomic mass is 10.3. The molecule has 20 heavy (non-hydrogen) atoms. The quantitative estimate of drug-likeness (QED) is 0.898. The van der Waals surface area contributed by atoms with Gasteiger partial charge in [0, 0.05) is 37.6 Å². The molecule has 0 radical (unpaired) electrons. The third kappa shape index (κ3) is 2.88. The Morgan fingerprint density at radius 3 is 2.75 bits per heavy atom. The molecular weight excluding hydrogens is 254 g/mol. The van der Waals surface area contributed by atoms with Gasteiger partial charge in [0.15, 0.2) is 11.5 Å². The van der Waals surface area contributed by atoms with Crippen LogP contribution in [0.3, 0.4) is 0 Å². The van der Waals surface area contributed by atoms with Crippen LogP contribution in [0.4, 0.5) is 0 Å². The van der Waals surface area contributed by atoms with Crippen LogP contribution in [0.2, 0.25) is 0 Å². The van der Waals surface area contributed by atoms with E-state index in [2.05, 4.69) is 29.1 Å². The monoisotopic (exact) mass is 275 g/mol. The molecule has 3 rings (SSSR count). The Morgan fingerprint density at radius 2 is 2.00 bits per heavy atom. The van der Waals surface area contributed by atoms with Crippen LogP contribution >= 0.6 is 0 Å². The predicted molar refractivity (Wildman–Crippen MR) is 78.5 cm³/mol. The fourth-order valence-corrected chi connectivity index (χ4v) is 2.32. The highest BCUT2D eigenvalue weighted by Crippen LogP contribution is 2.33. The van der Waals surface area contributed by atoms with E-state index in [-0.39, 0.29) is 0 Å². The van der Waals surface area contributed by atoms with Crippen LogP contribution in [0.25, 0.3) is 11.0 Å². The number of benzene rings is 1. The maximum atomic E-state index is 5.69. The summed E-state index contributed by atoms with van der Waals surface area (Å²) >= 11 is 0. The smallest absolute Gasteiger partial charge is 0.163 e. The summed E-state index contributed by atoms with van der Waals surface area (Å²) in [6.07, 6.45) is 1.81. The summed E-state index contributed by atoms with van der Waals surface area (Å²) in [7, 11) is 0. The number of aromatic amines is 1. The van der Waals surface area contributed by atoms with Crippen molar-refractivity contribution in [3.63, 3.8) is 0 Å². The van der Waals surface area contributed by atoms with Gasteiger partial charge in [-0.25, -0.2) is 4.98 Å². The summed E-state index contributed by atoms with van der Waals surface area (Å²) in [6.45, 7) is 6.62. The fraction of sp³-hybridized carbons (Fsp3) is 0.533. The topological polar surface area (TPSA) is 59.2 Å². The first-order valence-corrected chi connectivity index (χ1v) is 7.24. The molecular formula is C15H21N3O2. The second-order valence-electron chi connectivity index (χ2n) is 5.41. The van der Waals surface area contributed by atoms with Gasteiger partial charge >= 0.3 is 0 Å². The number of hydrogen-bond donors (Lipinski definition) is 2. The molecule has 0 bridgehead atoms. The molecule has 0 atom stereocenters. The van der Waals surface area contributed by atoms with Crippen molar-refractivity contribution in [1.29, 1.82) is 0 Å². The van der Waals surface area contributed by atoms with Gasteiger partial charge in [0.2, 0.25) is 0 Å². The average molecular weight is 275 g/mol. The van der Waals surface area contributed by atoms with Crippen molar-refractivity contribution >= 4 is 11.0 Å². The molecule has 0 saturated carbocycles. The van der Waals surface area contributed by atoms with Gasteiger partial charge in [-0.05, 0) is 0 Å². The summed E-state index contributed by atoms with van der Waals surface area (Å²) in [5.74, 6) is 2.60.